The van der Waals surface area contributed by atoms with Gasteiger partial charge in [-0.1, -0.05) is 0 Å². The summed E-state index contributed by atoms with van der Waals surface area (Å²) < 4.78 is 11.9. The van der Waals surface area contributed by atoms with Crippen molar-refractivity contribution in [1.29, 1.82) is 0 Å². The zero-order valence-electron chi connectivity index (χ0n) is 19.3. The van der Waals surface area contributed by atoms with Crippen molar-refractivity contribution >= 4 is 23.6 Å². The Morgan fingerprint density at radius 3 is 1.09 bits per heavy atom. The third-order valence-electron chi connectivity index (χ3n) is 10.5. The first-order chi connectivity index (χ1) is 15.0. The van der Waals surface area contributed by atoms with Crippen LogP contribution in [0.25, 0.3) is 0 Å². The van der Waals surface area contributed by atoms with Crippen molar-refractivity contribution in [1.82, 2.24) is 9.80 Å². The minimum atomic E-state index is -0.784. The van der Waals surface area contributed by atoms with Gasteiger partial charge in [0, 0.05) is 13.1 Å². The third kappa shape index (κ3) is 1.89. The van der Waals surface area contributed by atoms with E-state index in [4.69, 9.17) is 9.47 Å². The molecule has 0 unspecified atom stereocenters. The summed E-state index contributed by atoms with van der Waals surface area (Å²) in [6.07, 6.45) is 3.70. The van der Waals surface area contributed by atoms with Gasteiger partial charge in [0.05, 0.1) is 46.1 Å². The Bertz CT molecular complexity index is 822. The summed E-state index contributed by atoms with van der Waals surface area (Å²) in [7, 11) is 0. The van der Waals surface area contributed by atoms with Crippen molar-refractivity contribution in [2.24, 2.45) is 21.7 Å². The predicted molar refractivity (Wildman–Crippen MR) is 111 cm³/mol. The van der Waals surface area contributed by atoms with E-state index < -0.39 is 21.7 Å². The van der Waals surface area contributed by atoms with Crippen LogP contribution in [-0.4, -0.2) is 70.9 Å². The number of fused-ring (bicyclic) bond motifs is 10. The number of amides is 4. The average Bonchev–Trinajstić information content (AvgIpc) is 3.57. The van der Waals surface area contributed by atoms with E-state index in [9.17, 15) is 19.2 Å². The van der Waals surface area contributed by atoms with E-state index in [-0.39, 0.29) is 48.0 Å². The summed E-state index contributed by atoms with van der Waals surface area (Å²) >= 11 is 0. The minimum absolute atomic E-state index is 0.131. The van der Waals surface area contributed by atoms with Crippen molar-refractivity contribution in [3.63, 3.8) is 0 Å². The van der Waals surface area contributed by atoms with Gasteiger partial charge in [0.1, 0.15) is 0 Å². The van der Waals surface area contributed by atoms with Crippen LogP contribution in [0.4, 0.5) is 0 Å². The number of carbonyl (C=O) groups is 4. The fourth-order valence-corrected chi connectivity index (χ4v) is 8.00. The van der Waals surface area contributed by atoms with Crippen LogP contribution in [0.3, 0.4) is 0 Å². The van der Waals surface area contributed by atoms with Crippen LogP contribution < -0.4 is 0 Å². The molecule has 8 nitrogen and oxygen atoms in total. The molecule has 8 heteroatoms. The van der Waals surface area contributed by atoms with Gasteiger partial charge in [-0.2, -0.15) is 0 Å². The summed E-state index contributed by atoms with van der Waals surface area (Å²) in [5, 5.41) is 0. The molecule has 0 aliphatic carbocycles. The van der Waals surface area contributed by atoms with E-state index in [0.29, 0.717) is 25.9 Å². The Balaban J connectivity index is 1.12. The maximum Gasteiger partial charge on any atom is 0.238 e. The Labute approximate surface area is 187 Å². The Morgan fingerprint density at radius 2 is 0.844 bits per heavy atom. The van der Waals surface area contributed by atoms with Crippen LogP contribution in [0.15, 0.2) is 0 Å². The quantitative estimate of drug-likeness (QED) is 0.473. The van der Waals surface area contributed by atoms with E-state index >= 15 is 0 Å². The Hall–Kier alpha value is -1.80. The van der Waals surface area contributed by atoms with Crippen LogP contribution in [-0.2, 0) is 28.7 Å². The lowest BCUT2D eigenvalue weighted by molar-refractivity contribution is -0.147. The normalized spacial score (nSPS) is 50.9. The number of hydrogen-bond acceptors (Lipinski definition) is 6. The smallest absolute Gasteiger partial charge is 0.238 e. The molecule has 174 valence electrons. The van der Waals surface area contributed by atoms with Crippen LogP contribution in [0.5, 0.6) is 0 Å². The molecule has 0 spiro atoms. The van der Waals surface area contributed by atoms with Gasteiger partial charge in [0.2, 0.25) is 23.6 Å². The van der Waals surface area contributed by atoms with Gasteiger partial charge in [-0.05, 0) is 66.2 Å². The zero-order valence-corrected chi connectivity index (χ0v) is 19.3. The van der Waals surface area contributed by atoms with Crippen molar-refractivity contribution in [3.05, 3.63) is 0 Å². The molecule has 4 bridgehead atoms. The second kappa shape index (κ2) is 6.00. The van der Waals surface area contributed by atoms with Gasteiger partial charge in [-0.15, -0.1) is 0 Å². The third-order valence-corrected chi connectivity index (χ3v) is 10.5. The lowest BCUT2D eigenvalue weighted by Crippen LogP contribution is -2.48. The van der Waals surface area contributed by atoms with Crippen molar-refractivity contribution in [2.45, 2.75) is 90.6 Å². The van der Waals surface area contributed by atoms with Crippen molar-refractivity contribution < 1.29 is 28.7 Å². The van der Waals surface area contributed by atoms with E-state index in [1.165, 1.54) is 9.80 Å². The molecule has 8 atom stereocenters. The molecule has 6 saturated heterocycles. The number of imide groups is 2. The first-order valence-corrected chi connectivity index (χ1v) is 12.1. The molecular formula is C24H32N2O6. The van der Waals surface area contributed by atoms with Crippen molar-refractivity contribution in [3.8, 4) is 0 Å². The monoisotopic (exact) mass is 444 g/mol. The van der Waals surface area contributed by atoms with Gasteiger partial charge in [-0.3, -0.25) is 29.0 Å². The summed E-state index contributed by atoms with van der Waals surface area (Å²) in [6.45, 7) is 8.18. The van der Waals surface area contributed by atoms with Gasteiger partial charge < -0.3 is 9.47 Å². The minimum Gasteiger partial charge on any atom is -0.373 e. The molecule has 0 aromatic rings. The maximum absolute atomic E-state index is 13.3. The fourth-order valence-electron chi connectivity index (χ4n) is 8.00. The first kappa shape index (κ1) is 20.8. The second-order valence-electron chi connectivity index (χ2n) is 11.4. The number of nitrogens with zero attached hydrogens (tertiary/aromatic N) is 2. The summed E-state index contributed by atoms with van der Waals surface area (Å²) in [5.74, 6) is -0.523. The fraction of sp³-hybridized carbons (Fsp3) is 0.833. The molecule has 32 heavy (non-hydrogen) atoms. The van der Waals surface area contributed by atoms with E-state index in [1.807, 2.05) is 27.7 Å². The maximum atomic E-state index is 13.3. The van der Waals surface area contributed by atoms with E-state index in [0.717, 1.165) is 25.7 Å². The number of ether oxygens (including phenoxy) is 2. The largest absolute Gasteiger partial charge is 0.373 e. The molecule has 0 radical (unpaired) electrons. The second-order valence-corrected chi connectivity index (χ2v) is 11.4. The Kier molecular flexibility index (Phi) is 3.90. The molecule has 0 N–H and O–H groups in total. The molecule has 6 fully saturated rings. The highest BCUT2D eigenvalue weighted by Crippen LogP contribution is 2.65. The molecule has 6 aliphatic rings. The summed E-state index contributed by atoms with van der Waals surface area (Å²) in [4.78, 5) is 55.8. The number of likely N-dealkylation sites (tertiary alicyclic amines) is 2. The molecule has 0 aromatic carbocycles. The molecule has 0 aromatic heterocycles. The SMILES string of the molecule is C[C@@]12C(=O)N(CCCCN3C(=O)[C@@]4(C)[C@@H]5CC[C@@H](O5)[C@@]4(C)C3=O)C(=O)[C@]1(C)[C@H]1CC[C@@H]2O1. The topological polar surface area (TPSA) is 93.2 Å². The average molecular weight is 445 g/mol. The highest BCUT2D eigenvalue weighted by molar-refractivity contribution is 6.11. The van der Waals surface area contributed by atoms with E-state index in [2.05, 4.69) is 0 Å². The van der Waals surface area contributed by atoms with Crippen LogP contribution in [0.1, 0.15) is 66.2 Å². The van der Waals surface area contributed by atoms with E-state index in [1.54, 1.807) is 0 Å². The molecule has 0 saturated carbocycles. The van der Waals surface area contributed by atoms with Crippen molar-refractivity contribution in [2.75, 3.05) is 13.1 Å². The van der Waals surface area contributed by atoms with Gasteiger partial charge in [0.15, 0.2) is 0 Å². The predicted octanol–water partition coefficient (Wildman–Crippen LogP) is 1.65. The number of rotatable bonds is 5. The first-order valence-electron chi connectivity index (χ1n) is 12.1. The molecular weight excluding hydrogens is 412 g/mol. The summed E-state index contributed by atoms with van der Waals surface area (Å²) in [6, 6.07) is 0. The highest BCUT2D eigenvalue weighted by Gasteiger charge is 2.78. The lowest BCUT2D eigenvalue weighted by Gasteiger charge is -2.36. The molecule has 6 heterocycles. The van der Waals surface area contributed by atoms with Crippen LogP contribution in [0, 0.1) is 21.7 Å². The van der Waals surface area contributed by atoms with Gasteiger partial charge >= 0.3 is 0 Å². The lowest BCUT2D eigenvalue weighted by atomic mass is 9.59. The number of hydrogen-bond donors (Lipinski definition) is 0. The number of unbranched alkanes of at least 4 members (excludes halogenated alkanes) is 1. The standard InChI is InChI=1S/C24H32N2O6/c1-21-13-7-8-14(31-13)22(21,2)18(28)25(17(21)27)11-5-6-12-26-19(29)23(3)15-9-10-16(32-15)24(23,4)20(26)30/h13-16H,5-12H2,1-4H3/t13-,14+,15-,16+,21+,22-,23+,24-. The van der Waals surface area contributed by atoms with Gasteiger partial charge in [-0.25, -0.2) is 0 Å². The van der Waals surface area contributed by atoms with Crippen LogP contribution >= 0.6 is 0 Å². The Morgan fingerprint density at radius 1 is 0.594 bits per heavy atom. The highest BCUT2D eigenvalue weighted by atomic mass is 16.5. The molecule has 4 amide bonds. The van der Waals surface area contributed by atoms with Crippen LogP contribution in [0.2, 0.25) is 0 Å². The molecule has 6 rings (SSSR count). The number of carbonyl (C=O) groups excluding carboxylic acids is 4. The van der Waals surface area contributed by atoms with Gasteiger partial charge in [0.25, 0.3) is 0 Å². The molecule has 6 aliphatic heterocycles. The zero-order chi connectivity index (χ0) is 22.8. The summed E-state index contributed by atoms with van der Waals surface area (Å²) in [5.41, 5.74) is -3.14.